The molecular formula is C20H22Cl2N2O3S. The molecule has 0 bridgehead atoms. The summed E-state index contributed by atoms with van der Waals surface area (Å²) in [4.78, 5) is 14.5. The Hall–Kier alpha value is -1.60. The van der Waals surface area contributed by atoms with Crippen molar-refractivity contribution in [3.63, 3.8) is 0 Å². The molecular weight excluding hydrogens is 419 g/mol. The molecule has 0 N–H and O–H groups in total. The largest absolute Gasteiger partial charge is 0.340 e. The van der Waals surface area contributed by atoms with Gasteiger partial charge in [0.1, 0.15) is 0 Å². The van der Waals surface area contributed by atoms with Crippen molar-refractivity contribution in [2.45, 2.75) is 24.7 Å². The van der Waals surface area contributed by atoms with Crippen LogP contribution in [0.15, 0.2) is 47.4 Å². The molecule has 1 heterocycles. The summed E-state index contributed by atoms with van der Waals surface area (Å²) in [5.74, 6) is 0.0125. The SMILES string of the molecule is Cc1ccc(S(=O)(=O)N2CCN(C(=O)CCc3ccc(Cl)c(Cl)c3)CC2)cc1. The van der Waals surface area contributed by atoms with Gasteiger partial charge in [-0.15, -0.1) is 0 Å². The summed E-state index contributed by atoms with van der Waals surface area (Å²) in [7, 11) is -3.52. The van der Waals surface area contributed by atoms with Gasteiger partial charge in [-0.1, -0.05) is 47.0 Å². The number of aryl methyl sites for hydroxylation is 2. The molecule has 1 saturated heterocycles. The maximum absolute atomic E-state index is 12.7. The van der Waals surface area contributed by atoms with Crippen molar-refractivity contribution in [1.29, 1.82) is 0 Å². The predicted molar refractivity (Wildman–Crippen MR) is 111 cm³/mol. The fraction of sp³-hybridized carbons (Fsp3) is 0.350. The minimum absolute atomic E-state index is 0.0125. The summed E-state index contributed by atoms with van der Waals surface area (Å²) in [6.07, 6.45) is 0.917. The summed E-state index contributed by atoms with van der Waals surface area (Å²) < 4.78 is 26.9. The molecule has 5 nitrogen and oxygen atoms in total. The number of hydrogen-bond donors (Lipinski definition) is 0. The van der Waals surface area contributed by atoms with Crippen LogP contribution in [0, 0.1) is 6.92 Å². The van der Waals surface area contributed by atoms with E-state index in [1.54, 1.807) is 41.3 Å². The molecule has 0 atom stereocenters. The van der Waals surface area contributed by atoms with E-state index in [1.165, 1.54) is 4.31 Å². The second-order valence-corrected chi connectivity index (χ2v) is 9.60. The first-order chi connectivity index (χ1) is 13.3. The second-order valence-electron chi connectivity index (χ2n) is 6.85. The fourth-order valence-electron chi connectivity index (χ4n) is 3.14. The molecule has 1 fully saturated rings. The molecule has 2 aromatic rings. The average molecular weight is 441 g/mol. The molecule has 0 saturated carbocycles. The van der Waals surface area contributed by atoms with Crippen molar-refractivity contribution in [2.24, 2.45) is 0 Å². The maximum atomic E-state index is 12.7. The van der Waals surface area contributed by atoms with Crippen molar-refractivity contribution in [3.8, 4) is 0 Å². The van der Waals surface area contributed by atoms with Gasteiger partial charge in [0, 0.05) is 32.6 Å². The molecule has 0 unspecified atom stereocenters. The van der Waals surface area contributed by atoms with Crippen molar-refractivity contribution in [2.75, 3.05) is 26.2 Å². The Kier molecular flexibility index (Phi) is 6.65. The number of nitrogens with zero attached hydrogens (tertiary/aromatic N) is 2. The summed E-state index contributed by atoms with van der Waals surface area (Å²) in [5.41, 5.74) is 1.96. The van der Waals surface area contributed by atoms with Crippen LogP contribution in [0.2, 0.25) is 10.0 Å². The van der Waals surface area contributed by atoms with Crippen LogP contribution in [0.25, 0.3) is 0 Å². The lowest BCUT2D eigenvalue weighted by Crippen LogP contribution is -2.50. The summed E-state index contributed by atoms with van der Waals surface area (Å²) in [6.45, 7) is 3.30. The first-order valence-electron chi connectivity index (χ1n) is 9.06. The van der Waals surface area contributed by atoms with Crippen LogP contribution in [0.5, 0.6) is 0 Å². The highest BCUT2D eigenvalue weighted by atomic mass is 35.5. The van der Waals surface area contributed by atoms with E-state index in [4.69, 9.17) is 23.2 Å². The Morgan fingerprint density at radius 2 is 1.61 bits per heavy atom. The van der Waals surface area contributed by atoms with Gasteiger partial charge in [-0.2, -0.15) is 4.31 Å². The smallest absolute Gasteiger partial charge is 0.243 e. The summed E-state index contributed by atoms with van der Waals surface area (Å²) in [6, 6.07) is 12.2. The van der Waals surface area contributed by atoms with Crippen LogP contribution in [0.3, 0.4) is 0 Å². The molecule has 8 heteroatoms. The van der Waals surface area contributed by atoms with Gasteiger partial charge >= 0.3 is 0 Å². The highest BCUT2D eigenvalue weighted by Crippen LogP contribution is 2.23. The van der Waals surface area contributed by atoms with Crippen LogP contribution in [0.4, 0.5) is 0 Å². The van der Waals surface area contributed by atoms with Gasteiger partial charge in [0.2, 0.25) is 15.9 Å². The monoisotopic (exact) mass is 440 g/mol. The Labute approximate surface area is 175 Å². The predicted octanol–water partition coefficient (Wildman–Crippen LogP) is 3.77. The van der Waals surface area contributed by atoms with E-state index in [2.05, 4.69) is 0 Å². The van der Waals surface area contributed by atoms with E-state index in [1.807, 2.05) is 13.0 Å². The number of amides is 1. The molecule has 0 aliphatic carbocycles. The van der Waals surface area contributed by atoms with Crippen LogP contribution in [-0.4, -0.2) is 49.7 Å². The second kappa shape index (κ2) is 8.82. The number of hydrogen-bond acceptors (Lipinski definition) is 3. The molecule has 150 valence electrons. The average Bonchev–Trinajstić information content (AvgIpc) is 2.69. The van der Waals surface area contributed by atoms with Gasteiger partial charge in [-0.3, -0.25) is 4.79 Å². The Morgan fingerprint density at radius 1 is 0.964 bits per heavy atom. The minimum atomic E-state index is -3.52. The Morgan fingerprint density at radius 3 is 2.21 bits per heavy atom. The van der Waals surface area contributed by atoms with Crippen LogP contribution < -0.4 is 0 Å². The van der Waals surface area contributed by atoms with Gasteiger partial charge < -0.3 is 4.90 Å². The molecule has 0 radical (unpaired) electrons. The third-order valence-electron chi connectivity index (χ3n) is 4.86. The molecule has 1 amide bonds. The number of sulfonamides is 1. The van der Waals surface area contributed by atoms with Gasteiger partial charge in [-0.05, 0) is 43.2 Å². The van der Waals surface area contributed by atoms with Crippen LogP contribution in [-0.2, 0) is 21.2 Å². The third kappa shape index (κ3) is 4.87. The third-order valence-corrected chi connectivity index (χ3v) is 7.51. The molecule has 3 rings (SSSR count). The van der Waals surface area contributed by atoms with Crippen molar-refractivity contribution < 1.29 is 13.2 Å². The molecule has 1 aliphatic heterocycles. The summed E-state index contributed by atoms with van der Waals surface area (Å²) in [5, 5.41) is 0.962. The standard InChI is InChI=1S/C20H22Cl2N2O3S/c1-15-2-6-17(7-3-15)28(26,27)24-12-10-23(11-13-24)20(25)9-5-16-4-8-18(21)19(22)14-16/h2-4,6-8,14H,5,9-13H2,1H3. The summed E-state index contributed by atoms with van der Waals surface area (Å²) >= 11 is 11.9. The quantitative estimate of drug-likeness (QED) is 0.710. The highest BCUT2D eigenvalue weighted by molar-refractivity contribution is 7.89. The maximum Gasteiger partial charge on any atom is 0.243 e. The number of carbonyl (C=O) groups excluding carboxylic acids is 1. The van der Waals surface area contributed by atoms with Gasteiger partial charge in [0.05, 0.1) is 14.9 Å². The normalized spacial score (nSPS) is 15.6. The topological polar surface area (TPSA) is 57.7 Å². The van der Waals surface area contributed by atoms with Gasteiger partial charge in [0.25, 0.3) is 0 Å². The lowest BCUT2D eigenvalue weighted by molar-refractivity contribution is -0.132. The lowest BCUT2D eigenvalue weighted by Gasteiger charge is -2.34. The molecule has 0 aromatic heterocycles. The fourth-order valence-corrected chi connectivity index (χ4v) is 4.88. The van der Waals surface area contributed by atoms with E-state index in [0.29, 0.717) is 49.1 Å². The zero-order chi connectivity index (χ0) is 20.3. The van der Waals surface area contributed by atoms with E-state index in [9.17, 15) is 13.2 Å². The first-order valence-corrected chi connectivity index (χ1v) is 11.3. The first kappa shape index (κ1) is 21.1. The van der Waals surface area contributed by atoms with Crippen molar-refractivity contribution in [3.05, 3.63) is 63.6 Å². The number of carbonyl (C=O) groups is 1. The molecule has 2 aromatic carbocycles. The number of benzene rings is 2. The van der Waals surface area contributed by atoms with Gasteiger partial charge in [0.15, 0.2) is 0 Å². The highest BCUT2D eigenvalue weighted by Gasteiger charge is 2.29. The van der Waals surface area contributed by atoms with Crippen LogP contribution in [0.1, 0.15) is 17.5 Å². The number of rotatable bonds is 5. The molecule has 0 spiro atoms. The Balaban J connectivity index is 1.55. The Bertz CT molecular complexity index is 954. The molecule has 1 aliphatic rings. The van der Waals surface area contributed by atoms with Crippen molar-refractivity contribution >= 4 is 39.1 Å². The molecule has 28 heavy (non-hydrogen) atoms. The van der Waals surface area contributed by atoms with Gasteiger partial charge in [-0.25, -0.2) is 8.42 Å². The zero-order valence-corrected chi connectivity index (χ0v) is 17.9. The lowest BCUT2D eigenvalue weighted by atomic mass is 10.1. The minimum Gasteiger partial charge on any atom is -0.340 e. The zero-order valence-electron chi connectivity index (χ0n) is 15.6. The van der Waals surface area contributed by atoms with Crippen molar-refractivity contribution in [1.82, 2.24) is 9.21 Å². The van der Waals surface area contributed by atoms with E-state index < -0.39 is 10.0 Å². The number of halogens is 2. The van der Waals surface area contributed by atoms with Crippen LogP contribution >= 0.6 is 23.2 Å². The van der Waals surface area contributed by atoms with E-state index in [0.717, 1.165) is 11.1 Å². The van der Waals surface area contributed by atoms with E-state index in [-0.39, 0.29) is 10.8 Å². The van der Waals surface area contributed by atoms with E-state index >= 15 is 0 Å². The number of piperazine rings is 1.